The molecular weight excluding hydrogens is 418 g/mol. The number of nitro groups is 1. The monoisotopic (exact) mass is 439 g/mol. The molecule has 0 saturated heterocycles. The lowest BCUT2D eigenvalue weighted by Crippen LogP contribution is -2.31. The van der Waals surface area contributed by atoms with E-state index in [2.05, 4.69) is 16.0 Å². The number of hydrogen-bond acceptors (Lipinski definition) is 8. The van der Waals surface area contributed by atoms with Crippen molar-refractivity contribution in [1.82, 2.24) is 10.6 Å². The van der Waals surface area contributed by atoms with Gasteiger partial charge in [-0.1, -0.05) is 18.2 Å². The maximum atomic E-state index is 12.4. The van der Waals surface area contributed by atoms with E-state index < -0.39 is 16.7 Å². The number of anilines is 1. The third-order valence-corrected chi connectivity index (χ3v) is 4.46. The van der Waals surface area contributed by atoms with Crippen molar-refractivity contribution in [2.24, 2.45) is 5.73 Å². The topological polar surface area (TPSA) is 170 Å². The van der Waals surface area contributed by atoms with Crippen molar-refractivity contribution in [3.8, 4) is 0 Å². The number of amides is 2. The van der Waals surface area contributed by atoms with Gasteiger partial charge in [0.2, 0.25) is 5.91 Å². The van der Waals surface area contributed by atoms with Crippen molar-refractivity contribution in [3.05, 3.63) is 70.0 Å². The van der Waals surface area contributed by atoms with E-state index in [1.807, 2.05) is 0 Å². The fourth-order valence-electron chi connectivity index (χ4n) is 2.90. The summed E-state index contributed by atoms with van der Waals surface area (Å²) in [4.78, 5) is 46.2. The van der Waals surface area contributed by atoms with E-state index in [1.165, 1.54) is 6.07 Å². The molecule has 1 aromatic heterocycles. The smallest absolute Gasteiger partial charge is 0.395 e. The van der Waals surface area contributed by atoms with Gasteiger partial charge in [-0.05, 0) is 35.0 Å². The molecule has 0 aliphatic rings. The first kappa shape index (κ1) is 22.6. The number of hydrogen-bond donors (Lipinski definition) is 4. The quantitative estimate of drug-likeness (QED) is 0.159. The van der Waals surface area contributed by atoms with Crippen LogP contribution in [0, 0.1) is 10.1 Å². The van der Waals surface area contributed by atoms with Crippen LogP contribution in [0.4, 0.5) is 11.6 Å². The van der Waals surface area contributed by atoms with Crippen molar-refractivity contribution >= 4 is 39.9 Å². The predicted octanol–water partition coefficient (Wildman–Crippen LogP) is 1.44. The van der Waals surface area contributed by atoms with E-state index in [1.54, 1.807) is 36.4 Å². The highest BCUT2D eigenvalue weighted by Crippen LogP contribution is 2.21. The Hall–Kier alpha value is -4.09. The Bertz CT molecular complexity index is 1170. The molecule has 3 aromatic rings. The minimum absolute atomic E-state index is 0.153. The van der Waals surface area contributed by atoms with Crippen LogP contribution in [0.1, 0.15) is 20.9 Å². The number of benzene rings is 2. The summed E-state index contributed by atoms with van der Waals surface area (Å²) in [5, 5.41) is 20.3. The van der Waals surface area contributed by atoms with Crippen molar-refractivity contribution in [3.63, 3.8) is 0 Å². The zero-order valence-electron chi connectivity index (χ0n) is 16.9. The molecule has 11 heteroatoms. The van der Waals surface area contributed by atoms with Crippen LogP contribution < -0.4 is 21.7 Å². The van der Waals surface area contributed by atoms with Crippen molar-refractivity contribution in [1.29, 1.82) is 0 Å². The molecule has 2 amide bonds. The third kappa shape index (κ3) is 5.74. The molecule has 0 spiro atoms. The van der Waals surface area contributed by atoms with Gasteiger partial charge >= 0.3 is 5.88 Å². The predicted molar refractivity (Wildman–Crippen MR) is 117 cm³/mol. The van der Waals surface area contributed by atoms with Gasteiger partial charge in [0.25, 0.3) is 5.91 Å². The second-order valence-corrected chi connectivity index (χ2v) is 6.79. The van der Waals surface area contributed by atoms with Crippen molar-refractivity contribution in [2.45, 2.75) is 0 Å². The van der Waals surface area contributed by atoms with Crippen LogP contribution in [0.5, 0.6) is 0 Å². The molecule has 0 radical (unpaired) electrons. The maximum absolute atomic E-state index is 12.4. The Balaban J connectivity index is 1.60. The average Bonchev–Trinajstić information content (AvgIpc) is 3.28. The van der Waals surface area contributed by atoms with Gasteiger partial charge in [-0.3, -0.25) is 24.5 Å². The van der Waals surface area contributed by atoms with Crippen molar-refractivity contribution in [2.75, 3.05) is 31.5 Å². The van der Waals surface area contributed by atoms with E-state index in [9.17, 15) is 24.5 Å². The summed E-state index contributed by atoms with van der Waals surface area (Å²) in [5.74, 6) is -2.07. The molecule has 0 bridgehead atoms. The number of carbonyl (C=O) groups is 3. The van der Waals surface area contributed by atoms with Gasteiger partial charge in [-0.2, -0.15) is 0 Å². The van der Waals surface area contributed by atoms with Gasteiger partial charge in [-0.15, -0.1) is 0 Å². The largest absolute Gasteiger partial charge is 0.433 e. The Morgan fingerprint density at radius 3 is 2.47 bits per heavy atom. The fraction of sp³-hybridized carbons (Fsp3) is 0.190. The summed E-state index contributed by atoms with van der Waals surface area (Å²) in [6, 6.07) is 12.5. The number of Topliss-reactive ketones (excluding diaryl/α,β-unsaturated/α-hetero) is 1. The summed E-state index contributed by atoms with van der Waals surface area (Å²) >= 11 is 0. The molecule has 0 atom stereocenters. The van der Waals surface area contributed by atoms with Crippen LogP contribution in [0.25, 0.3) is 10.8 Å². The minimum atomic E-state index is -0.757. The number of rotatable bonds is 10. The van der Waals surface area contributed by atoms with Crippen LogP contribution in [-0.2, 0) is 4.79 Å². The number of nitrogens with zero attached hydrogens (tertiary/aromatic N) is 1. The first-order valence-corrected chi connectivity index (χ1v) is 9.67. The lowest BCUT2D eigenvalue weighted by atomic mass is 10.0. The SMILES string of the molecule is NCCNCC(=O)Nc1ccc2cc(C(=O)CNC(=O)c3ccc([N+](=O)[O-])o3)ccc2c1. The Labute approximate surface area is 182 Å². The Kier molecular flexibility index (Phi) is 7.26. The molecule has 3 rings (SSSR count). The summed E-state index contributed by atoms with van der Waals surface area (Å²) in [6.07, 6.45) is 0. The number of nitrogens with one attached hydrogen (secondary N) is 3. The Morgan fingerprint density at radius 1 is 1.00 bits per heavy atom. The molecule has 5 N–H and O–H groups in total. The Morgan fingerprint density at radius 2 is 1.75 bits per heavy atom. The van der Waals surface area contributed by atoms with E-state index in [0.717, 1.165) is 16.8 Å². The van der Waals surface area contributed by atoms with Gasteiger partial charge < -0.3 is 26.1 Å². The molecule has 32 heavy (non-hydrogen) atoms. The van der Waals surface area contributed by atoms with Crippen molar-refractivity contribution < 1.29 is 23.7 Å². The highest BCUT2D eigenvalue weighted by atomic mass is 16.6. The zero-order chi connectivity index (χ0) is 23.1. The van der Waals surface area contributed by atoms with Gasteiger partial charge in [0.1, 0.15) is 4.92 Å². The van der Waals surface area contributed by atoms with Crippen LogP contribution in [0.15, 0.2) is 52.9 Å². The van der Waals surface area contributed by atoms with Gasteiger partial charge in [0, 0.05) is 24.3 Å². The zero-order valence-corrected chi connectivity index (χ0v) is 16.9. The standard InChI is InChI=1S/C21H21N5O6/c22-7-8-23-12-19(28)25-16-4-3-13-9-15(2-1-14(13)10-16)17(27)11-24-21(29)18-5-6-20(32-18)26(30)31/h1-6,9-10,23H,7-8,11-12,22H2,(H,24,29)(H,25,28). The molecule has 0 aliphatic heterocycles. The lowest BCUT2D eigenvalue weighted by Gasteiger charge is -2.08. The number of carbonyl (C=O) groups excluding carboxylic acids is 3. The summed E-state index contributed by atoms with van der Waals surface area (Å²) < 4.78 is 4.81. The van der Waals surface area contributed by atoms with Crippen LogP contribution in [0.2, 0.25) is 0 Å². The maximum Gasteiger partial charge on any atom is 0.433 e. The van der Waals surface area contributed by atoms with Gasteiger partial charge in [-0.25, -0.2) is 0 Å². The number of furan rings is 1. The average molecular weight is 439 g/mol. The van der Waals surface area contributed by atoms with E-state index in [4.69, 9.17) is 10.2 Å². The fourth-order valence-corrected chi connectivity index (χ4v) is 2.90. The first-order valence-electron chi connectivity index (χ1n) is 9.67. The normalized spacial score (nSPS) is 10.7. The molecule has 166 valence electrons. The summed E-state index contributed by atoms with van der Waals surface area (Å²) in [5.41, 5.74) is 6.37. The second-order valence-electron chi connectivity index (χ2n) is 6.79. The highest BCUT2D eigenvalue weighted by Gasteiger charge is 2.18. The van der Waals surface area contributed by atoms with Gasteiger partial charge in [0.15, 0.2) is 11.5 Å². The van der Waals surface area contributed by atoms with Crippen LogP contribution >= 0.6 is 0 Å². The van der Waals surface area contributed by atoms with Gasteiger partial charge in [0.05, 0.1) is 19.2 Å². The molecule has 0 aliphatic carbocycles. The molecule has 2 aromatic carbocycles. The molecule has 0 unspecified atom stereocenters. The van der Waals surface area contributed by atoms with Crippen LogP contribution in [-0.4, -0.2) is 48.7 Å². The van der Waals surface area contributed by atoms with Crippen LogP contribution in [0.3, 0.4) is 0 Å². The molecule has 1 heterocycles. The lowest BCUT2D eigenvalue weighted by molar-refractivity contribution is -0.402. The number of ketones is 1. The first-order chi connectivity index (χ1) is 15.4. The summed E-state index contributed by atoms with van der Waals surface area (Å²) in [6.45, 7) is 0.839. The minimum Gasteiger partial charge on any atom is -0.395 e. The number of nitrogens with two attached hydrogens (primary N) is 1. The third-order valence-electron chi connectivity index (χ3n) is 4.46. The van der Waals surface area contributed by atoms with E-state index in [-0.39, 0.29) is 30.5 Å². The summed E-state index contributed by atoms with van der Waals surface area (Å²) in [7, 11) is 0. The van der Waals surface area contributed by atoms with E-state index >= 15 is 0 Å². The van der Waals surface area contributed by atoms with E-state index in [0.29, 0.717) is 24.3 Å². The molecule has 0 saturated carbocycles. The number of fused-ring (bicyclic) bond motifs is 1. The molecule has 11 nitrogen and oxygen atoms in total. The second kappa shape index (κ2) is 10.3. The molecule has 0 fully saturated rings. The molecular formula is C21H21N5O6. The highest BCUT2D eigenvalue weighted by molar-refractivity contribution is 6.04.